The number of carboxylic acid groups (broad SMARTS) is 1. The molecule has 6 aromatic carbocycles. The van der Waals surface area contributed by atoms with Crippen molar-refractivity contribution in [3.05, 3.63) is 203 Å². The molecule has 0 amide bonds. The Kier molecular flexibility index (Phi) is 10.5. The summed E-state index contributed by atoms with van der Waals surface area (Å²) in [5.74, 6) is -0.180. The fourth-order valence-corrected chi connectivity index (χ4v) is 8.04. The topological polar surface area (TPSA) is 89.4 Å². The number of aromatic carboxylic acids is 1. The summed E-state index contributed by atoms with van der Waals surface area (Å²) in [6.45, 7) is 0. The van der Waals surface area contributed by atoms with Crippen LogP contribution in [0.4, 0.5) is 0 Å². The molecule has 8 aromatic rings. The minimum Gasteiger partial charge on any atom is -0.478 e. The molecule has 6 nitrogen and oxygen atoms in total. The first-order valence-electron chi connectivity index (χ1n) is 20.3. The van der Waals surface area contributed by atoms with Crippen molar-refractivity contribution in [3.63, 3.8) is 0 Å². The first-order valence-corrected chi connectivity index (χ1v) is 20.3. The van der Waals surface area contributed by atoms with Gasteiger partial charge in [0.05, 0.1) is 29.6 Å². The average Bonchev–Trinajstić information content (AvgIpc) is 4.22. The van der Waals surface area contributed by atoms with Gasteiger partial charge in [-0.2, -0.15) is 0 Å². The van der Waals surface area contributed by atoms with Crippen LogP contribution in [0, 0.1) is 0 Å². The summed E-state index contributed by atoms with van der Waals surface area (Å²) in [7, 11) is 1.43. The van der Waals surface area contributed by atoms with Crippen LogP contribution in [0.15, 0.2) is 158 Å². The van der Waals surface area contributed by atoms with Gasteiger partial charge in [-0.25, -0.2) is 9.59 Å². The molecule has 0 bridgehead atoms. The van der Waals surface area contributed by atoms with Crippen molar-refractivity contribution in [1.82, 2.24) is 9.97 Å². The zero-order valence-electron chi connectivity index (χ0n) is 33.0. The van der Waals surface area contributed by atoms with Gasteiger partial charge >= 0.3 is 11.9 Å². The number of ether oxygens (including phenoxy) is 1. The van der Waals surface area contributed by atoms with Crippen LogP contribution >= 0.6 is 0 Å². The van der Waals surface area contributed by atoms with E-state index < -0.39 is 5.97 Å². The zero-order chi connectivity index (χ0) is 40.3. The summed E-state index contributed by atoms with van der Waals surface area (Å²) in [5, 5.41) is 14.4. The van der Waals surface area contributed by atoms with Gasteiger partial charge in [-0.3, -0.25) is 9.97 Å². The number of methoxy groups -OCH3 is 1. The van der Waals surface area contributed by atoms with Gasteiger partial charge in [0.1, 0.15) is 0 Å². The van der Waals surface area contributed by atoms with Crippen LogP contribution < -0.4 is 0 Å². The number of rotatable bonds is 10. The third-order valence-electron chi connectivity index (χ3n) is 11.6. The third-order valence-corrected chi connectivity index (χ3v) is 11.6. The summed E-state index contributed by atoms with van der Waals surface area (Å²) >= 11 is 0. The van der Waals surface area contributed by atoms with Crippen LogP contribution in [0.5, 0.6) is 0 Å². The normalized spacial score (nSPS) is 13.4. The molecule has 2 aliphatic carbocycles. The predicted molar refractivity (Wildman–Crippen MR) is 235 cm³/mol. The maximum atomic E-state index is 12.4. The van der Waals surface area contributed by atoms with Gasteiger partial charge in [0, 0.05) is 25.2 Å². The Morgan fingerprint density at radius 3 is 1.44 bits per heavy atom. The third kappa shape index (κ3) is 8.39. The fraction of sp³-hybridized carbons (Fsp3) is 0.170. The number of esters is 1. The van der Waals surface area contributed by atoms with E-state index in [0.29, 0.717) is 41.5 Å². The lowest BCUT2D eigenvalue weighted by Gasteiger charge is -2.12. The zero-order valence-corrected chi connectivity index (χ0v) is 33.0. The van der Waals surface area contributed by atoms with E-state index in [-0.39, 0.29) is 5.97 Å². The van der Waals surface area contributed by atoms with Gasteiger partial charge in [0.2, 0.25) is 0 Å². The lowest BCUT2D eigenvalue weighted by atomic mass is 9.95. The van der Waals surface area contributed by atoms with Gasteiger partial charge in [-0.05, 0) is 128 Å². The van der Waals surface area contributed by atoms with E-state index in [1.165, 1.54) is 53.0 Å². The summed E-state index contributed by atoms with van der Waals surface area (Å²) in [4.78, 5) is 33.5. The van der Waals surface area contributed by atoms with E-state index in [1.807, 2.05) is 54.9 Å². The number of aromatic nitrogens is 2. The Morgan fingerprint density at radius 1 is 0.542 bits per heavy atom. The number of hydrogen-bond acceptors (Lipinski definition) is 5. The lowest BCUT2D eigenvalue weighted by molar-refractivity contribution is 0.0598. The maximum Gasteiger partial charge on any atom is 0.339 e. The van der Waals surface area contributed by atoms with Crippen LogP contribution in [0.2, 0.25) is 0 Å². The van der Waals surface area contributed by atoms with E-state index in [0.717, 1.165) is 51.6 Å². The lowest BCUT2D eigenvalue weighted by Crippen LogP contribution is -2.09. The van der Waals surface area contributed by atoms with Crippen LogP contribution in [-0.4, -0.2) is 34.1 Å². The highest BCUT2D eigenvalue weighted by Gasteiger charge is 2.27. The smallest absolute Gasteiger partial charge is 0.339 e. The van der Waals surface area contributed by atoms with E-state index in [2.05, 4.69) is 113 Å². The van der Waals surface area contributed by atoms with E-state index in [9.17, 15) is 14.7 Å². The van der Waals surface area contributed by atoms with Crippen LogP contribution in [-0.2, 0) is 17.6 Å². The number of carbonyl (C=O) groups is 2. The van der Waals surface area contributed by atoms with E-state index >= 15 is 0 Å². The van der Waals surface area contributed by atoms with Crippen LogP contribution in [0.1, 0.15) is 91.9 Å². The molecular formula is C53H44N2O4. The minimum atomic E-state index is -0.901. The van der Waals surface area contributed by atoms with Crippen molar-refractivity contribution >= 4 is 33.5 Å². The Bertz CT molecular complexity index is 2830. The van der Waals surface area contributed by atoms with Crippen molar-refractivity contribution in [2.75, 3.05) is 7.11 Å². The molecule has 290 valence electrons. The summed E-state index contributed by atoms with van der Waals surface area (Å²) in [5.41, 5.74) is 11.5. The Balaban J connectivity index is 0.000000152. The number of hydrogen-bond donors (Lipinski definition) is 1. The molecule has 59 heavy (non-hydrogen) atoms. The summed E-state index contributed by atoms with van der Waals surface area (Å²) in [6, 6.07) is 50.0. The first-order chi connectivity index (χ1) is 28.9. The molecule has 2 aromatic heterocycles. The molecule has 6 heteroatoms. The van der Waals surface area contributed by atoms with Crippen LogP contribution in [0.3, 0.4) is 0 Å². The Hall–Kier alpha value is -6.92. The standard InChI is InChI=1S/C27H23NO2.C26H21NO2/c1-30-27(29)25-15-23(19-10-11-19)17-28-26(25)16-22-9-5-8-21-14-20(12-13-24(21)22)18-6-3-2-4-7-18;28-26(29)24-14-22(18-9-10-18)16-27-25(24)15-21-8-4-7-20-13-19(11-12-23(20)21)17-5-2-1-3-6-17/h2-9,12-15,17,19H,10-11,16H2,1H3;1-8,11-14,16,18H,9-10,15H2,(H,28,29). The van der Waals surface area contributed by atoms with Crippen molar-refractivity contribution in [2.45, 2.75) is 50.4 Å². The van der Waals surface area contributed by atoms with Crippen LogP contribution in [0.25, 0.3) is 43.8 Å². The number of carbonyl (C=O) groups excluding carboxylic acids is 1. The maximum absolute atomic E-state index is 12.4. The van der Waals surface area contributed by atoms with Crippen molar-refractivity contribution in [3.8, 4) is 22.3 Å². The number of pyridine rings is 2. The molecule has 1 N–H and O–H groups in total. The molecule has 2 aliphatic rings. The molecule has 10 rings (SSSR count). The van der Waals surface area contributed by atoms with Crippen molar-refractivity contribution in [1.29, 1.82) is 0 Å². The largest absolute Gasteiger partial charge is 0.478 e. The number of fused-ring (bicyclic) bond motifs is 2. The van der Waals surface area contributed by atoms with Gasteiger partial charge < -0.3 is 9.84 Å². The highest BCUT2D eigenvalue weighted by molar-refractivity contribution is 5.94. The molecular weight excluding hydrogens is 729 g/mol. The molecule has 2 fully saturated rings. The minimum absolute atomic E-state index is 0.313. The van der Waals surface area contributed by atoms with Crippen molar-refractivity contribution in [2.24, 2.45) is 0 Å². The molecule has 0 unspecified atom stereocenters. The quantitative estimate of drug-likeness (QED) is 0.139. The Morgan fingerprint density at radius 2 is 1.00 bits per heavy atom. The molecule has 2 heterocycles. The second-order valence-electron chi connectivity index (χ2n) is 15.7. The van der Waals surface area contributed by atoms with Gasteiger partial charge in [-0.1, -0.05) is 121 Å². The van der Waals surface area contributed by atoms with Gasteiger partial charge in [0.25, 0.3) is 0 Å². The second-order valence-corrected chi connectivity index (χ2v) is 15.7. The number of nitrogens with zero attached hydrogens (tertiary/aromatic N) is 2. The fourth-order valence-electron chi connectivity index (χ4n) is 8.04. The van der Waals surface area contributed by atoms with Crippen molar-refractivity contribution < 1.29 is 19.4 Å². The molecule has 0 atom stereocenters. The summed E-state index contributed by atoms with van der Waals surface area (Å²) < 4.78 is 5.04. The first kappa shape index (κ1) is 37.6. The monoisotopic (exact) mass is 772 g/mol. The highest BCUT2D eigenvalue weighted by Crippen LogP contribution is 2.41. The predicted octanol–water partition coefficient (Wildman–Crippen LogP) is 12.2. The van der Waals surface area contributed by atoms with Gasteiger partial charge in [0.15, 0.2) is 0 Å². The van der Waals surface area contributed by atoms with E-state index in [1.54, 1.807) is 0 Å². The molecule has 0 aliphatic heterocycles. The number of benzene rings is 6. The molecule has 0 saturated heterocycles. The SMILES string of the molecule is COC(=O)c1cc(C2CC2)cnc1Cc1cccc2cc(-c3ccccc3)ccc12.O=C(O)c1cc(C2CC2)cnc1Cc1cccc2cc(-c3ccccc3)ccc12. The van der Waals surface area contributed by atoms with E-state index in [4.69, 9.17) is 4.74 Å². The summed E-state index contributed by atoms with van der Waals surface area (Å²) in [6.07, 6.45) is 9.51. The molecule has 0 radical (unpaired) electrons. The Labute approximate surface area is 344 Å². The molecule has 2 saturated carbocycles. The van der Waals surface area contributed by atoms with Gasteiger partial charge in [-0.15, -0.1) is 0 Å². The number of carboxylic acids is 1. The average molecular weight is 773 g/mol. The highest BCUT2D eigenvalue weighted by atomic mass is 16.5. The second kappa shape index (κ2) is 16.5. The molecule has 0 spiro atoms.